The topological polar surface area (TPSA) is 99.0 Å². The largest absolute Gasteiger partial charge is 0.497 e. The number of hydrogen-bond donors (Lipinski definition) is 2. The predicted molar refractivity (Wildman–Crippen MR) is 114 cm³/mol. The lowest BCUT2D eigenvalue weighted by Gasteiger charge is -2.27. The highest BCUT2D eigenvalue weighted by molar-refractivity contribution is 6.04. The van der Waals surface area contributed by atoms with E-state index in [9.17, 15) is 14.7 Å². The van der Waals surface area contributed by atoms with Crippen LogP contribution in [0.5, 0.6) is 17.2 Å². The lowest BCUT2D eigenvalue weighted by molar-refractivity contribution is -0.116. The summed E-state index contributed by atoms with van der Waals surface area (Å²) in [4.78, 5) is 24.6. The van der Waals surface area contributed by atoms with Crippen molar-refractivity contribution in [3.8, 4) is 22.9 Å². The fraction of sp³-hybridized carbons (Fsp3) is 0.217. The van der Waals surface area contributed by atoms with Crippen LogP contribution in [0.4, 0.5) is 5.69 Å². The summed E-state index contributed by atoms with van der Waals surface area (Å²) < 4.78 is 18.0. The van der Waals surface area contributed by atoms with Crippen molar-refractivity contribution in [3.63, 3.8) is 0 Å². The average molecular weight is 422 g/mol. The molecular weight excluding hydrogens is 400 g/mol. The zero-order valence-corrected chi connectivity index (χ0v) is 17.3. The van der Waals surface area contributed by atoms with Crippen LogP contribution in [-0.4, -0.2) is 42.9 Å². The summed E-state index contributed by atoms with van der Waals surface area (Å²) >= 11 is 0. The number of carbonyl (C=O) groups is 2. The minimum atomic E-state index is -1.13. The second-order valence-corrected chi connectivity index (χ2v) is 7.09. The molecule has 8 nitrogen and oxygen atoms in total. The first-order chi connectivity index (χ1) is 15.0. The summed E-state index contributed by atoms with van der Waals surface area (Å²) in [6.45, 7) is 0. The maximum absolute atomic E-state index is 12.6. The van der Waals surface area contributed by atoms with Gasteiger partial charge in [0.25, 0.3) is 0 Å². The van der Waals surface area contributed by atoms with Gasteiger partial charge in [0, 0.05) is 35.9 Å². The van der Waals surface area contributed by atoms with Gasteiger partial charge in [-0.15, -0.1) is 0 Å². The molecular formula is C23H22N2O6. The predicted octanol–water partition coefficient (Wildman–Crippen LogP) is 3.68. The summed E-state index contributed by atoms with van der Waals surface area (Å²) in [6, 6.07) is 12.7. The Balaban J connectivity index is 2.00. The van der Waals surface area contributed by atoms with Gasteiger partial charge in [0.2, 0.25) is 5.91 Å². The van der Waals surface area contributed by atoms with Crippen LogP contribution < -0.4 is 19.5 Å². The number of aromatic nitrogens is 1. The van der Waals surface area contributed by atoms with Crippen LogP contribution in [0.1, 0.15) is 34.0 Å². The third-order valence-corrected chi connectivity index (χ3v) is 5.40. The fourth-order valence-electron chi connectivity index (χ4n) is 3.97. The standard InChI is InChI=1S/C23H22N2O6/c1-29-14-6-4-5-13(9-14)25-12-18(23(27)28)21-22(25)17(11-20(26)24-21)16-10-15(30-2)7-8-19(16)31-3/h4-10,12,17H,11H2,1-3H3,(H,24,26)(H,27,28)/t17-/m1/s1. The Morgan fingerprint density at radius 1 is 1.06 bits per heavy atom. The number of nitrogens with zero attached hydrogens (tertiary/aromatic N) is 1. The highest BCUT2D eigenvalue weighted by atomic mass is 16.5. The first-order valence-corrected chi connectivity index (χ1v) is 9.61. The van der Waals surface area contributed by atoms with Crippen molar-refractivity contribution < 1.29 is 28.9 Å². The Kier molecular flexibility index (Phi) is 5.29. The van der Waals surface area contributed by atoms with Crippen molar-refractivity contribution >= 4 is 17.6 Å². The van der Waals surface area contributed by atoms with Crippen LogP contribution >= 0.6 is 0 Å². The number of amides is 1. The first-order valence-electron chi connectivity index (χ1n) is 9.61. The first kappa shape index (κ1) is 20.3. The zero-order chi connectivity index (χ0) is 22.1. The number of carbonyl (C=O) groups excluding carboxylic acids is 1. The molecule has 1 aliphatic heterocycles. The van der Waals surface area contributed by atoms with Crippen LogP contribution in [0.2, 0.25) is 0 Å². The van der Waals surface area contributed by atoms with Crippen molar-refractivity contribution in [2.75, 3.05) is 26.6 Å². The molecule has 0 saturated carbocycles. The van der Waals surface area contributed by atoms with Crippen LogP contribution in [-0.2, 0) is 4.79 Å². The molecule has 0 aliphatic carbocycles. The molecule has 1 aliphatic rings. The minimum absolute atomic E-state index is 0.0118. The number of aromatic carboxylic acids is 1. The number of carboxylic acids is 1. The SMILES string of the molecule is COc1cccc(-n2cc(C(=O)O)c3c2[C@@H](c2cc(OC)ccc2OC)CC(=O)N3)c1. The quantitative estimate of drug-likeness (QED) is 0.629. The van der Waals surface area contributed by atoms with Crippen molar-refractivity contribution in [1.29, 1.82) is 0 Å². The second kappa shape index (κ2) is 8.06. The van der Waals surface area contributed by atoms with Gasteiger partial charge in [-0.3, -0.25) is 4.79 Å². The van der Waals surface area contributed by atoms with Crippen LogP contribution in [0.15, 0.2) is 48.7 Å². The van der Waals surface area contributed by atoms with E-state index in [1.807, 2.05) is 30.3 Å². The number of hydrogen-bond acceptors (Lipinski definition) is 5. The van der Waals surface area contributed by atoms with E-state index in [-0.39, 0.29) is 23.6 Å². The molecule has 0 saturated heterocycles. The van der Waals surface area contributed by atoms with E-state index < -0.39 is 11.9 Å². The van der Waals surface area contributed by atoms with E-state index >= 15 is 0 Å². The molecule has 0 bridgehead atoms. The van der Waals surface area contributed by atoms with Crippen molar-refractivity contribution in [2.24, 2.45) is 0 Å². The molecule has 2 heterocycles. The van der Waals surface area contributed by atoms with E-state index in [2.05, 4.69) is 5.32 Å². The van der Waals surface area contributed by atoms with Crippen LogP contribution in [0.3, 0.4) is 0 Å². The molecule has 0 fully saturated rings. The Bertz CT molecular complexity index is 1170. The van der Waals surface area contributed by atoms with E-state index in [4.69, 9.17) is 14.2 Å². The fourth-order valence-corrected chi connectivity index (χ4v) is 3.97. The van der Waals surface area contributed by atoms with Gasteiger partial charge in [0.15, 0.2) is 0 Å². The third kappa shape index (κ3) is 3.56. The summed E-state index contributed by atoms with van der Waals surface area (Å²) in [5, 5.41) is 12.5. The number of ether oxygens (including phenoxy) is 3. The van der Waals surface area contributed by atoms with Gasteiger partial charge in [0.05, 0.1) is 32.7 Å². The highest BCUT2D eigenvalue weighted by Crippen LogP contribution is 2.45. The molecule has 1 aromatic heterocycles. The number of anilines is 1. The zero-order valence-electron chi connectivity index (χ0n) is 17.3. The lowest BCUT2D eigenvalue weighted by atomic mass is 9.87. The molecule has 3 aromatic rings. The monoisotopic (exact) mass is 422 g/mol. The number of nitrogens with one attached hydrogen (secondary N) is 1. The lowest BCUT2D eigenvalue weighted by Crippen LogP contribution is -2.25. The molecule has 2 N–H and O–H groups in total. The number of methoxy groups -OCH3 is 3. The van der Waals surface area contributed by atoms with Gasteiger partial charge in [-0.2, -0.15) is 0 Å². The summed E-state index contributed by atoms with van der Waals surface area (Å²) in [5.41, 5.74) is 2.39. The summed E-state index contributed by atoms with van der Waals surface area (Å²) in [7, 11) is 4.68. The van der Waals surface area contributed by atoms with Gasteiger partial charge in [-0.25, -0.2) is 4.79 Å². The second-order valence-electron chi connectivity index (χ2n) is 7.09. The van der Waals surface area contributed by atoms with Crippen molar-refractivity contribution in [2.45, 2.75) is 12.3 Å². The number of benzene rings is 2. The van der Waals surface area contributed by atoms with Gasteiger partial charge in [0.1, 0.15) is 22.8 Å². The molecule has 1 atom stereocenters. The molecule has 0 radical (unpaired) electrons. The maximum atomic E-state index is 12.6. The molecule has 0 spiro atoms. The van der Waals surface area contributed by atoms with E-state index in [0.717, 1.165) is 5.56 Å². The Morgan fingerprint density at radius 3 is 2.48 bits per heavy atom. The molecule has 31 heavy (non-hydrogen) atoms. The van der Waals surface area contributed by atoms with Gasteiger partial charge >= 0.3 is 5.97 Å². The van der Waals surface area contributed by atoms with Gasteiger partial charge < -0.3 is 29.2 Å². The number of fused-ring (bicyclic) bond motifs is 1. The Morgan fingerprint density at radius 2 is 1.81 bits per heavy atom. The molecule has 0 unspecified atom stereocenters. The van der Waals surface area contributed by atoms with Crippen LogP contribution in [0, 0.1) is 0 Å². The van der Waals surface area contributed by atoms with Crippen molar-refractivity contribution in [1.82, 2.24) is 4.57 Å². The molecule has 160 valence electrons. The molecule has 4 rings (SSSR count). The van der Waals surface area contributed by atoms with E-state index in [1.54, 1.807) is 38.0 Å². The summed E-state index contributed by atoms with van der Waals surface area (Å²) in [6.07, 6.45) is 1.65. The molecule has 8 heteroatoms. The Labute approximate surface area is 179 Å². The van der Waals surface area contributed by atoms with Crippen molar-refractivity contribution in [3.05, 3.63) is 65.5 Å². The minimum Gasteiger partial charge on any atom is -0.497 e. The van der Waals surface area contributed by atoms with E-state index in [0.29, 0.717) is 28.6 Å². The van der Waals surface area contributed by atoms with Gasteiger partial charge in [-0.1, -0.05) is 6.07 Å². The number of carboxylic acid groups (broad SMARTS) is 1. The smallest absolute Gasteiger partial charge is 0.339 e. The third-order valence-electron chi connectivity index (χ3n) is 5.40. The van der Waals surface area contributed by atoms with Crippen LogP contribution in [0.25, 0.3) is 5.69 Å². The molecule has 1 amide bonds. The van der Waals surface area contributed by atoms with E-state index in [1.165, 1.54) is 6.20 Å². The maximum Gasteiger partial charge on any atom is 0.339 e. The normalized spacial score (nSPS) is 15.1. The Hall–Kier alpha value is -3.94. The molecule has 2 aromatic carbocycles. The summed E-state index contributed by atoms with van der Waals surface area (Å²) in [5.74, 6) is -0.0204. The van der Waals surface area contributed by atoms with Gasteiger partial charge in [-0.05, 0) is 30.3 Å². The number of rotatable bonds is 6. The average Bonchev–Trinajstić information content (AvgIpc) is 3.17. The highest BCUT2D eigenvalue weighted by Gasteiger charge is 2.36.